The molecule has 110 valence electrons. The van der Waals surface area contributed by atoms with E-state index in [0.29, 0.717) is 29.9 Å². The van der Waals surface area contributed by atoms with Crippen molar-refractivity contribution >= 4 is 17.8 Å². The number of aromatic nitrogens is 2. The predicted molar refractivity (Wildman–Crippen MR) is 82.8 cm³/mol. The van der Waals surface area contributed by atoms with Crippen LogP contribution in [0.5, 0.6) is 0 Å². The number of carbonyl (C=O) groups excluding carboxylic acids is 2. The van der Waals surface area contributed by atoms with Gasteiger partial charge < -0.3 is 4.90 Å². The molecule has 0 unspecified atom stereocenters. The van der Waals surface area contributed by atoms with Gasteiger partial charge in [0.15, 0.2) is 6.29 Å². The molecule has 0 bridgehead atoms. The Bertz CT molecular complexity index is 824. The number of fused-ring (bicyclic) bond motifs is 1. The van der Waals surface area contributed by atoms with E-state index in [1.165, 1.54) is 0 Å². The topological polar surface area (TPSA) is 54.7 Å². The fraction of sp³-hybridized carbons (Fsp3) is 0.118. The number of imidazole rings is 1. The first-order valence-electron chi connectivity index (χ1n) is 6.92. The summed E-state index contributed by atoms with van der Waals surface area (Å²) in [5.74, 6) is -0.121. The third-order valence-corrected chi connectivity index (χ3v) is 3.46. The van der Waals surface area contributed by atoms with Gasteiger partial charge in [0.05, 0.1) is 0 Å². The molecular formula is C17H15N3O2. The van der Waals surface area contributed by atoms with Gasteiger partial charge in [0.2, 0.25) is 0 Å². The normalized spacial score (nSPS) is 10.6. The van der Waals surface area contributed by atoms with Crippen LogP contribution in [0.4, 0.5) is 0 Å². The molecule has 0 spiro atoms. The summed E-state index contributed by atoms with van der Waals surface area (Å²) in [6.07, 6.45) is 2.25. The number of hydrogen-bond donors (Lipinski definition) is 0. The summed E-state index contributed by atoms with van der Waals surface area (Å²) in [5, 5.41) is 0. The second kappa shape index (κ2) is 5.81. The molecule has 5 heteroatoms. The van der Waals surface area contributed by atoms with Crippen molar-refractivity contribution < 1.29 is 9.59 Å². The highest BCUT2D eigenvalue weighted by Gasteiger charge is 2.16. The molecule has 0 aliphatic heterocycles. The van der Waals surface area contributed by atoms with Gasteiger partial charge in [-0.05, 0) is 17.7 Å². The Morgan fingerprint density at radius 3 is 2.68 bits per heavy atom. The van der Waals surface area contributed by atoms with E-state index in [0.717, 1.165) is 5.56 Å². The molecule has 0 N–H and O–H groups in total. The molecule has 0 saturated carbocycles. The average Bonchev–Trinajstić information content (AvgIpc) is 2.98. The van der Waals surface area contributed by atoms with Crippen molar-refractivity contribution in [2.24, 2.45) is 0 Å². The molecule has 1 aromatic carbocycles. The highest BCUT2D eigenvalue weighted by atomic mass is 16.2. The highest BCUT2D eigenvalue weighted by molar-refractivity contribution is 5.93. The smallest absolute Gasteiger partial charge is 0.270 e. The van der Waals surface area contributed by atoms with E-state index in [9.17, 15) is 9.59 Å². The quantitative estimate of drug-likeness (QED) is 0.694. The Labute approximate surface area is 127 Å². The second-order valence-corrected chi connectivity index (χ2v) is 5.07. The fourth-order valence-corrected chi connectivity index (χ4v) is 2.39. The summed E-state index contributed by atoms with van der Waals surface area (Å²) in [6.45, 7) is 0.519. The molecule has 1 amide bonds. The van der Waals surface area contributed by atoms with Gasteiger partial charge in [-0.2, -0.15) is 0 Å². The number of rotatable bonds is 4. The lowest BCUT2D eigenvalue weighted by atomic mass is 10.2. The lowest BCUT2D eigenvalue weighted by Crippen LogP contribution is -2.27. The van der Waals surface area contributed by atoms with E-state index >= 15 is 0 Å². The van der Waals surface area contributed by atoms with Crippen molar-refractivity contribution in [1.82, 2.24) is 14.3 Å². The zero-order valence-corrected chi connectivity index (χ0v) is 12.1. The maximum Gasteiger partial charge on any atom is 0.270 e. The van der Waals surface area contributed by atoms with Crippen molar-refractivity contribution in [3.05, 3.63) is 71.7 Å². The average molecular weight is 293 g/mol. The van der Waals surface area contributed by atoms with Gasteiger partial charge >= 0.3 is 0 Å². The number of aldehydes is 1. The molecular weight excluding hydrogens is 278 g/mol. The molecule has 3 rings (SSSR count). The largest absolute Gasteiger partial charge is 0.336 e. The summed E-state index contributed by atoms with van der Waals surface area (Å²) in [6, 6.07) is 15.0. The molecule has 2 aromatic heterocycles. The van der Waals surface area contributed by atoms with Crippen LogP contribution in [0.3, 0.4) is 0 Å². The molecule has 0 aliphatic carbocycles. The van der Waals surface area contributed by atoms with Crippen LogP contribution in [0.15, 0.2) is 54.7 Å². The summed E-state index contributed by atoms with van der Waals surface area (Å²) >= 11 is 0. The Morgan fingerprint density at radius 1 is 1.18 bits per heavy atom. The summed E-state index contributed by atoms with van der Waals surface area (Å²) in [5.41, 5.74) is 2.44. The van der Waals surface area contributed by atoms with Crippen LogP contribution >= 0.6 is 0 Å². The molecule has 22 heavy (non-hydrogen) atoms. The SMILES string of the molecule is CN(Cc1ccccc1)C(=O)c1cccc2nc(C=O)cn12. The highest BCUT2D eigenvalue weighted by Crippen LogP contribution is 2.12. The van der Waals surface area contributed by atoms with E-state index in [1.807, 2.05) is 30.3 Å². The van der Waals surface area contributed by atoms with Crippen LogP contribution in [-0.2, 0) is 6.54 Å². The van der Waals surface area contributed by atoms with Crippen LogP contribution < -0.4 is 0 Å². The van der Waals surface area contributed by atoms with Crippen LogP contribution in [0.1, 0.15) is 26.5 Å². The van der Waals surface area contributed by atoms with Crippen molar-refractivity contribution in [3.63, 3.8) is 0 Å². The maximum absolute atomic E-state index is 12.6. The van der Waals surface area contributed by atoms with Crippen LogP contribution in [0.2, 0.25) is 0 Å². The van der Waals surface area contributed by atoms with E-state index in [-0.39, 0.29) is 5.91 Å². The molecule has 0 saturated heterocycles. The molecule has 0 aliphatic rings. The van der Waals surface area contributed by atoms with E-state index < -0.39 is 0 Å². The van der Waals surface area contributed by atoms with E-state index in [1.54, 1.807) is 40.7 Å². The number of hydrogen-bond acceptors (Lipinski definition) is 3. The third-order valence-electron chi connectivity index (χ3n) is 3.46. The van der Waals surface area contributed by atoms with Gasteiger partial charge in [-0.25, -0.2) is 4.98 Å². The Morgan fingerprint density at radius 2 is 1.95 bits per heavy atom. The minimum Gasteiger partial charge on any atom is -0.336 e. The molecule has 0 atom stereocenters. The minimum absolute atomic E-state index is 0.121. The summed E-state index contributed by atoms with van der Waals surface area (Å²) in [4.78, 5) is 29.3. The predicted octanol–water partition coefficient (Wildman–Crippen LogP) is 2.42. The summed E-state index contributed by atoms with van der Waals surface area (Å²) < 4.78 is 1.65. The Hall–Kier alpha value is -2.95. The molecule has 5 nitrogen and oxygen atoms in total. The maximum atomic E-state index is 12.6. The van der Waals surface area contributed by atoms with Gasteiger partial charge in [0.1, 0.15) is 17.0 Å². The van der Waals surface area contributed by atoms with Gasteiger partial charge in [0, 0.05) is 19.8 Å². The van der Waals surface area contributed by atoms with Crippen LogP contribution in [0.25, 0.3) is 5.65 Å². The Balaban J connectivity index is 1.91. The molecule has 0 fully saturated rings. The van der Waals surface area contributed by atoms with E-state index in [4.69, 9.17) is 0 Å². The van der Waals surface area contributed by atoms with E-state index in [2.05, 4.69) is 4.98 Å². The number of benzene rings is 1. The first-order chi connectivity index (χ1) is 10.7. The van der Waals surface area contributed by atoms with Crippen LogP contribution in [0, 0.1) is 0 Å². The van der Waals surface area contributed by atoms with Gasteiger partial charge in [-0.3, -0.25) is 14.0 Å². The summed E-state index contributed by atoms with van der Waals surface area (Å²) in [7, 11) is 1.76. The zero-order chi connectivity index (χ0) is 15.5. The number of carbonyl (C=O) groups is 2. The monoisotopic (exact) mass is 293 g/mol. The number of pyridine rings is 1. The lowest BCUT2D eigenvalue weighted by molar-refractivity contribution is 0.0777. The molecule has 3 aromatic rings. The van der Waals surface area contributed by atoms with Crippen molar-refractivity contribution in [1.29, 1.82) is 0 Å². The standard InChI is InChI=1S/C17H15N3O2/c1-19(10-13-6-3-2-4-7-13)17(22)15-8-5-9-16-18-14(12-21)11-20(15)16/h2-9,11-12H,10H2,1H3. The zero-order valence-electron chi connectivity index (χ0n) is 12.1. The molecule has 0 radical (unpaired) electrons. The molecule has 2 heterocycles. The minimum atomic E-state index is -0.121. The van der Waals surface area contributed by atoms with Crippen LogP contribution in [-0.4, -0.2) is 33.5 Å². The van der Waals surface area contributed by atoms with Gasteiger partial charge in [0.25, 0.3) is 5.91 Å². The van der Waals surface area contributed by atoms with Crippen molar-refractivity contribution in [3.8, 4) is 0 Å². The first kappa shape index (κ1) is 14.0. The second-order valence-electron chi connectivity index (χ2n) is 5.07. The Kier molecular flexibility index (Phi) is 3.70. The fourth-order valence-electron chi connectivity index (χ4n) is 2.39. The third kappa shape index (κ3) is 2.61. The number of nitrogens with zero attached hydrogens (tertiary/aromatic N) is 3. The van der Waals surface area contributed by atoms with Crippen molar-refractivity contribution in [2.75, 3.05) is 7.05 Å². The number of amides is 1. The first-order valence-corrected chi connectivity index (χ1v) is 6.92. The van der Waals surface area contributed by atoms with Gasteiger partial charge in [-0.1, -0.05) is 36.4 Å². The van der Waals surface area contributed by atoms with Gasteiger partial charge in [-0.15, -0.1) is 0 Å². The lowest BCUT2D eigenvalue weighted by Gasteiger charge is -2.18. The van der Waals surface area contributed by atoms with Crippen molar-refractivity contribution in [2.45, 2.75) is 6.54 Å².